The van der Waals surface area contributed by atoms with E-state index < -0.39 is 10.0 Å². The van der Waals surface area contributed by atoms with Crippen LogP contribution in [0.15, 0.2) is 29.2 Å². The molecule has 0 saturated heterocycles. The van der Waals surface area contributed by atoms with Gasteiger partial charge in [-0.25, -0.2) is 13.1 Å². The average molecular weight is 347 g/mol. The van der Waals surface area contributed by atoms with Crippen molar-refractivity contribution < 1.29 is 13.2 Å². The van der Waals surface area contributed by atoms with Gasteiger partial charge >= 0.3 is 0 Å². The summed E-state index contributed by atoms with van der Waals surface area (Å²) in [5.74, 6) is -0.0255. The third-order valence-electron chi connectivity index (χ3n) is 3.09. The molecule has 0 unspecified atom stereocenters. The SMILES string of the molecule is CCCN(CCC)C(=O)CCNS(=O)(=O)c1ccc(Cl)cc1. The van der Waals surface area contributed by atoms with Gasteiger partial charge in [-0.05, 0) is 37.1 Å². The summed E-state index contributed by atoms with van der Waals surface area (Å²) in [4.78, 5) is 14.0. The molecule has 22 heavy (non-hydrogen) atoms. The summed E-state index contributed by atoms with van der Waals surface area (Å²) in [6, 6.07) is 5.91. The molecule has 0 aliphatic heterocycles. The van der Waals surface area contributed by atoms with Crippen LogP contribution in [0, 0.1) is 0 Å². The summed E-state index contributed by atoms with van der Waals surface area (Å²) in [6.07, 6.45) is 1.94. The molecule has 0 aliphatic rings. The summed E-state index contributed by atoms with van der Waals surface area (Å²) in [5.41, 5.74) is 0. The van der Waals surface area contributed by atoms with Crippen LogP contribution in [0.5, 0.6) is 0 Å². The lowest BCUT2D eigenvalue weighted by Crippen LogP contribution is -2.35. The zero-order valence-electron chi connectivity index (χ0n) is 13.0. The fourth-order valence-corrected chi connectivity index (χ4v) is 3.21. The van der Waals surface area contributed by atoms with E-state index in [2.05, 4.69) is 4.72 Å². The van der Waals surface area contributed by atoms with Gasteiger partial charge in [0.1, 0.15) is 0 Å². The van der Waals surface area contributed by atoms with Crippen molar-refractivity contribution in [3.8, 4) is 0 Å². The minimum absolute atomic E-state index is 0.0255. The van der Waals surface area contributed by atoms with Crippen molar-refractivity contribution in [1.82, 2.24) is 9.62 Å². The van der Waals surface area contributed by atoms with Crippen molar-refractivity contribution in [2.75, 3.05) is 19.6 Å². The molecule has 0 saturated carbocycles. The third kappa shape index (κ3) is 5.94. The maximum absolute atomic E-state index is 12.1. The van der Waals surface area contributed by atoms with E-state index in [0.717, 1.165) is 12.8 Å². The molecule has 1 aromatic carbocycles. The second kappa shape index (κ2) is 9.12. The molecule has 0 aromatic heterocycles. The molecule has 5 nitrogen and oxygen atoms in total. The van der Waals surface area contributed by atoms with Crippen molar-refractivity contribution in [2.24, 2.45) is 0 Å². The highest BCUT2D eigenvalue weighted by atomic mass is 35.5. The highest BCUT2D eigenvalue weighted by molar-refractivity contribution is 7.89. The molecule has 0 heterocycles. The first-order valence-corrected chi connectivity index (χ1v) is 9.29. The van der Waals surface area contributed by atoms with Crippen molar-refractivity contribution in [3.63, 3.8) is 0 Å². The summed E-state index contributed by atoms with van der Waals surface area (Å²) in [5, 5.41) is 0.476. The molecule has 0 aliphatic carbocycles. The molecule has 1 rings (SSSR count). The number of carbonyl (C=O) groups excluding carboxylic acids is 1. The first-order chi connectivity index (χ1) is 10.4. The maximum Gasteiger partial charge on any atom is 0.240 e. The van der Waals surface area contributed by atoms with Gasteiger partial charge in [0.15, 0.2) is 0 Å². The molecule has 0 bridgehead atoms. The number of rotatable bonds is 9. The Morgan fingerprint density at radius 3 is 2.18 bits per heavy atom. The topological polar surface area (TPSA) is 66.5 Å². The van der Waals surface area contributed by atoms with Gasteiger partial charge in [0, 0.05) is 31.1 Å². The van der Waals surface area contributed by atoms with Crippen LogP contribution in [0.1, 0.15) is 33.1 Å². The molecule has 0 spiro atoms. The van der Waals surface area contributed by atoms with E-state index in [-0.39, 0.29) is 23.8 Å². The van der Waals surface area contributed by atoms with Gasteiger partial charge in [-0.15, -0.1) is 0 Å². The van der Waals surface area contributed by atoms with Crippen LogP contribution in [-0.4, -0.2) is 38.9 Å². The van der Waals surface area contributed by atoms with Gasteiger partial charge < -0.3 is 4.90 Å². The maximum atomic E-state index is 12.1. The minimum Gasteiger partial charge on any atom is -0.343 e. The van der Waals surface area contributed by atoms with E-state index >= 15 is 0 Å². The summed E-state index contributed by atoms with van der Waals surface area (Å²) in [7, 11) is -3.60. The quantitative estimate of drug-likeness (QED) is 0.747. The Morgan fingerprint density at radius 1 is 1.14 bits per heavy atom. The van der Waals surface area contributed by atoms with Gasteiger partial charge in [0.25, 0.3) is 0 Å². The Kier molecular flexibility index (Phi) is 7.85. The highest BCUT2D eigenvalue weighted by Crippen LogP contribution is 2.13. The summed E-state index contributed by atoms with van der Waals surface area (Å²) < 4.78 is 26.6. The van der Waals surface area contributed by atoms with Crippen molar-refractivity contribution in [3.05, 3.63) is 29.3 Å². The number of hydrogen-bond donors (Lipinski definition) is 1. The lowest BCUT2D eigenvalue weighted by atomic mass is 10.3. The van der Waals surface area contributed by atoms with Crippen LogP contribution in [0.3, 0.4) is 0 Å². The Labute approximate surface area is 137 Å². The van der Waals surface area contributed by atoms with Gasteiger partial charge in [0.2, 0.25) is 15.9 Å². The van der Waals surface area contributed by atoms with Crippen LogP contribution >= 0.6 is 11.6 Å². The molecule has 0 radical (unpaired) electrons. The first kappa shape index (κ1) is 18.9. The van der Waals surface area contributed by atoms with E-state index in [4.69, 9.17) is 11.6 Å². The van der Waals surface area contributed by atoms with Crippen LogP contribution in [0.25, 0.3) is 0 Å². The minimum atomic E-state index is -3.60. The number of sulfonamides is 1. The third-order valence-corrected chi connectivity index (χ3v) is 4.82. The standard InChI is InChI=1S/C15H23ClN2O3S/c1-3-11-18(12-4-2)15(19)9-10-17-22(20,21)14-7-5-13(16)6-8-14/h5-8,17H,3-4,9-12H2,1-2H3. The lowest BCUT2D eigenvalue weighted by molar-refractivity contribution is -0.131. The van der Waals surface area contributed by atoms with E-state index in [1.165, 1.54) is 24.3 Å². The summed E-state index contributed by atoms with van der Waals surface area (Å²) in [6.45, 7) is 5.53. The molecule has 0 fully saturated rings. The largest absolute Gasteiger partial charge is 0.343 e. The number of amides is 1. The molecule has 0 atom stereocenters. The number of nitrogens with zero attached hydrogens (tertiary/aromatic N) is 1. The van der Waals surface area contributed by atoms with E-state index in [9.17, 15) is 13.2 Å². The predicted molar refractivity (Wildman–Crippen MR) is 88.4 cm³/mol. The smallest absolute Gasteiger partial charge is 0.240 e. The molecule has 124 valence electrons. The number of carbonyl (C=O) groups is 1. The lowest BCUT2D eigenvalue weighted by Gasteiger charge is -2.21. The zero-order valence-corrected chi connectivity index (χ0v) is 14.6. The van der Waals surface area contributed by atoms with E-state index in [1.807, 2.05) is 13.8 Å². The van der Waals surface area contributed by atoms with Crippen molar-refractivity contribution in [1.29, 1.82) is 0 Å². The fourth-order valence-electron chi connectivity index (χ4n) is 2.05. The van der Waals surface area contributed by atoms with Crippen molar-refractivity contribution >= 4 is 27.5 Å². The summed E-state index contributed by atoms with van der Waals surface area (Å²) >= 11 is 5.74. The molecule has 7 heteroatoms. The van der Waals surface area contributed by atoms with Crippen LogP contribution < -0.4 is 4.72 Å². The second-order valence-corrected chi connectivity index (χ2v) is 7.19. The number of benzene rings is 1. The number of halogens is 1. The van der Waals surface area contributed by atoms with Gasteiger partial charge in [-0.2, -0.15) is 0 Å². The van der Waals surface area contributed by atoms with Crippen LogP contribution in [0.4, 0.5) is 0 Å². The van der Waals surface area contributed by atoms with E-state index in [0.29, 0.717) is 18.1 Å². The zero-order chi connectivity index (χ0) is 16.6. The highest BCUT2D eigenvalue weighted by Gasteiger charge is 2.16. The average Bonchev–Trinajstić information content (AvgIpc) is 2.47. The second-order valence-electron chi connectivity index (χ2n) is 4.98. The first-order valence-electron chi connectivity index (χ1n) is 7.43. The Bertz CT molecular complexity index is 567. The van der Waals surface area contributed by atoms with Crippen molar-refractivity contribution in [2.45, 2.75) is 38.0 Å². The van der Waals surface area contributed by atoms with Crippen LogP contribution in [0.2, 0.25) is 5.02 Å². The molecule has 1 amide bonds. The Hall–Kier alpha value is -1.11. The van der Waals surface area contributed by atoms with Gasteiger partial charge in [-0.1, -0.05) is 25.4 Å². The molecule has 1 aromatic rings. The van der Waals surface area contributed by atoms with Gasteiger partial charge in [-0.3, -0.25) is 4.79 Å². The monoisotopic (exact) mass is 346 g/mol. The fraction of sp³-hybridized carbons (Fsp3) is 0.533. The number of hydrogen-bond acceptors (Lipinski definition) is 3. The molecular weight excluding hydrogens is 324 g/mol. The van der Waals surface area contributed by atoms with Crippen LogP contribution in [-0.2, 0) is 14.8 Å². The predicted octanol–water partition coefficient (Wildman–Crippen LogP) is 2.66. The Morgan fingerprint density at radius 2 is 1.68 bits per heavy atom. The molecular formula is C15H23ClN2O3S. The molecule has 1 N–H and O–H groups in total. The van der Waals surface area contributed by atoms with Gasteiger partial charge in [0.05, 0.1) is 4.90 Å². The Balaban J connectivity index is 2.54. The normalized spacial score (nSPS) is 11.4. The number of nitrogens with one attached hydrogen (secondary N) is 1. The van der Waals surface area contributed by atoms with E-state index in [1.54, 1.807) is 4.90 Å².